The fraction of sp³-hybridized carbons (Fsp3) is 0.500. The molecule has 2 aliphatic carbocycles. The molecule has 1 aromatic rings. The van der Waals surface area contributed by atoms with Crippen molar-refractivity contribution in [2.45, 2.75) is 43.3 Å². The van der Waals surface area contributed by atoms with Gasteiger partial charge in [0.15, 0.2) is 11.5 Å². The Morgan fingerprint density at radius 2 is 1.79 bits per heavy atom. The van der Waals surface area contributed by atoms with Crippen molar-refractivity contribution in [3.05, 3.63) is 22.2 Å². The maximum atomic E-state index is 11.4. The molecule has 0 radical (unpaired) electrons. The summed E-state index contributed by atoms with van der Waals surface area (Å²) in [5.74, 6) is 0.174. The smallest absolute Gasteiger partial charge is 0.314 e. The summed E-state index contributed by atoms with van der Waals surface area (Å²) >= 11 is 3.47. The zero-order chi connectivity index (χ0) is 13.3. The lowest BCUT2D eigenvalue weighted by Gasteiger charge is -2.35. The molecule has 100 valence electrons. The van der Waals surface area contributed by atoms with Crippen LogP contribution in [0.15, 0.2) is 16.6 Å². The van der Waals surface area contributed by atoms with Crippen LogP contribution in [-0.2, 0) is 10.2 Å². The molecule has 1 aliphatic heterocycles. The van der Waals surface area contributed by atoms with Crippen molar-refractivity contribution in [2.24, 2.45) is 0 Å². The number of halogens is 1. The number of carboxylic acid groups (broad SMARTS) is 1. The number of hydrogen-bond donors (Lipinski definition) is 1. The summed E-state index contributed by atoms with van der Waals surface area (Å²) in [7, 11) is 0. The van der Waals surface area contributed by atoms with Gasteiger partial charge in [-0.1, -0.05) is 15.9 Å². The second-order valence-corrected chi connectivity index (χ2v) is 6.49. The molecule has 0 unspecified atom stereocenters. The highest BCUT2D eigenvalue weighted by Gasteiger charge is 2.54. The normalized spacial score (nSPS) is 24.1. The van der Waals surface area contributed by atoms with E-state index in [1.54, 1.807) is 0 Å². The van der Waals surface area contributed by atoms with Crippen LogP contribution in [0.2, 0.25) is 0 Å². The highest BCUT2D eigenvalue weighted by atomic mass is 79.9. The van der Waals surface area contributed by atoms with Crippen LogP contribution in [0, 0.1) is 0 Å². The second kappa shape index (κ2) is 3.45. The maximum Gasteiger partial charge on any atom is 0.314 e. The van der Waals surface area contributed by atoms with Crippen molar-refractivity contribution in [2.75, 3.05) is 0 Å². The number of ether oxygens (including phenoxy) is 2. The Hall–Kier alpha value is -1.23. The quantitative estimate of drug-likeness (QED) is 0.907. The Bertz CT molecular complexity index is 587. The molecule has 0 aromatic heterocycles. The van der Waals surface area contributed by atoms with Gasteiger partial charge in [-0.05, 0) is 37.0 Å². The van der Waals surface area contributed by atoms with E-state index in [2.05, 4.69) is 15.9 Å². The standard InChI is InChI=1S/C14H13BrO4/c15-9-7-11-10(18-14(19-11)2-1-3-14)6-8(9)13(4-5-13)12(16)17/h6-7H,1-5H2,(H,16,17). The van der Waals surface area contributed by atoms with Crippen molar-refractivity contribution in [1.82, 2.24) is 0 Å². The third-order valence-electron chi connectivity index (χ3n) is 4.42. The molecule has 0 saturated heterocycles. The van der Waals surface area contributed by atoms with Crippen molar-refractivity contribution < 1.29 is 19.4 Å². The summed E-state index contributed by atoms with van der Waals surface area (Å²) in [5.41, 5.74) is 0.0748. The van der Waals surface area contributed by atoms with Gasteiger partial charge in [-0.3, -0.25) is 4.79 Å². The van der Waals surface area contributed by atoms with Gasteiger partial charge in [-0.2, -0.15) is 0 Å². The minimum Gasteiger partial charge on any atom is -0.481 e. The first-order valence-electron chi connectivity index (χ1n) is 6.50. The van der Waals surface area contributed by atoms with Gasteiger partial charge < -0.3 is 14.6 Å². The van der Waals surface area contributed by atoms with E-state index < -0.39 is 17.2 Å². The van der Waals surface area contributed by atoms with E-state index in [0.29, 0.717) is 18.6 Å². The second-order valence-electron chi connectivity index (χ2n) is 5.63. The van der Waals surface area contributed by atoms with Gasteiger partial charge in [0.1, 0.15) is 0 Å². The Kier molecular flexibility index (Phi) is 2.10. The molecular weight excluding hydrogens is 312 g/mol. The van der Waals surface area contributed by atoms with E-state index >= 15 is 0 Å². The number of rotatable bonds is 2. The van der Waals surface area contributed by atoms with Crippen LogP contribution in [-0.4, -0.2) is 16.9 Å². The largest absolute Gasteiger partial charge is 0.481 e. The molecule has 4 rings (SSSR count). The minimum absolute atomic E-state index is 0.472. The number of hydrogen-bond acceptors (Lipinski definition) is 3. The van der Waals surface area contributed by atoms with Crippen molar-refractivity contribution in [3.8, 4) is 11.5 Å². The molecule has 1 heterocycles. The van der Waals surface area contributed by atoms with E-state index in [1.165, 1.54) is 0 Å². The van der Waals surface area contributed by atoms with Gasteiger partial charge >= 0.3 is 5.97 Å². The Labute approximate surface area is 118 Å². The van der Waals surface area contributed by atoms with Crippen LogP contribution >= 0.6 is 15.9 Å². The molecular formula is C14H13BrO4. The van der Waals surface area contributed by atoms with Gasteiger partial charge in [-0.25, -0.2) is 0 Å². The zero-order valence-electron chi connectivity index (χ0n) is 10.2. The molecule has 2 fully saturated rings. The Morgan fingerprint density at radius 3 is 2.26 bits per heavy atom. The Balaban J connectivity index is 1.76. The predicted octanol–water partition coefficient (Wildman–Crippen LogP) is 3.22. The summed E-state index contributed by atoms with van der Waals surface area (Å²) in [6, 6.07) is 3.69. The maximum absolute atomic E-state index is 11.4. The van der Waals surface area contributed by atoms with Gasteiger partial charge in [0, 0.05) is 17.3 Å². The molecule has 2 saturated carbocycles. The summed E-state index contributed by atoms with van der Waals surface area (Å²) in [4.78, 5) is 11.4. The van der Waals surface area contributed by atoms with Crippen LogP contribution in [0.1, 0.15) is 37.7 Å². The monoisotopic (exact) mass is 324 g/mol. The number of carboxylic acids is 1. The SMILES string of the molecule is O=C(O)C1(c2cc3c(cc2Br)OC2(CCC2)O3)CC1. The van der Waals surface area contributed by atoms with Crippen molar-refractivity contribution in [3.63, 3.8) is 0 Å². The predicted molar refractivity (Wildman–Crippen MR) is 70.5 cm³/mol. The first kappa shape index (κ1) is 11.6. The Morgan fingerprint density at radius 1 is 1.16 bits per heavy atom. The summed E-state index contributed by atoms with van der Waals surface area (Å²) in [6.45, 7) is 0. The lowest BCUT2D eigenvalue weighted by Crippen LogP contribution is -2.45. The lowest BCUT2D eigenvalue weighted by atomic mass is 9.91. The third kappa shape index (κ3) is 1.48. The summed E-state index contributed by atoms with van der Waals surface area (Å²) in [5, 5.41) is 9.40. The van der Waals surface area contributed by atoms with E-state index in [4.69, 9.17) is 9.47 Å². The topological polar surface area (TPSA) is 55.8 Å². The highest BCUT2D eigenvalue weighted by Crippen LogP contribution is 2.55. The molecule has 0 atom stereocenters. The molecule has 0 amide bonds. The minimum atomic E-state index is -0.759. The average Bonchev–Trinajstić information content (AvgIpc) is 3.03. The highest BCUT2D eigenvalue weighted by molar-refractivity contribution is 9.10. The van der Waals surface area contributed by atoms with Gasteiger partial charge in [0.05, 0.1) is 5.41 Å². The summed E-state index contributed by atoms with van der Waals surface area (Å²) < 4.78 is 12.6. The molecule has 4 nitrogen and oxygen atoms in total. The fourth-order valence-corrected chi connectivity index (χ4v) is 3.58. The van der Waals surface area contributed by atoms with E-state index in [-0.39, 0.29) is 0 Å². The molecule has 3 aliphatic rings. The number of fused-ring (bicyclic) bond motifs is 1. The summed E-state index contributed by atoms with van der Waals surface area (Å²) in [6.07, 6.45) is 4.29. The molecule has 1 aromatic carbocycles. The molecule has 5 heteroatoms. The van der Waals surface area contributed by atoms with E-state index in [9.17, 15) is 9.90 Å². The average molecular weight is 325 g/mol. The van der Waals surface area contributed by atoms with E-state index in [1.807, 2.05) is 12.1 Å². The molecule has 1 N–H and O–H groups in total. The first-order valence-corrected chi connectivity index (χ1v) is 7.30. The van der Waals surface area contributed by atoms with Gasteiger partial charge in [-0.15, -0.1) is 0 Å². The fourth-order valence-electron chi connectivity index (χ4n) is 2.88. The molecule has 0 bridgehead atoms. The lowest BCUT2D eigenvalue weighted by molar-refractivity contribution is -0.140. The van der Waals surface area contributed by atoms with Crippen molar-refractivity contribution in [1.29, 1.82) is 0 Å². The van der Waals surface area contributed by atoms with Crippen LogP contribution < -0.4 is 9.47 Å². The van der Waals surface area contributed by atoms with Gasteiger partial charge in [0.25, 0.3) is 5.79 Å². The molecule has 19 heavy (non-hydrogen) atoms. The van der Waals surface area contributed by atoms with Crippen LogP contribution in [0.3, 0.4) is 0 Å². The third-order valence-corrected chi connectivity index (χ3v) is 5.07. The number of benzene rings is 1. The number of aliphatic carboxylic acids is 1. The van der Waals surface area contributed by atoms with Crippen LogP contribution in [0.5, 0.6) is 11.5 Å². The van der Waals surface area contributed by atoms with E-state index in [0.717, 1.165) is 35.0 Å². The first-order chi connectivity index (χ1) is 9.05. The van der Waals surface area contributed by atoms with Crippen LogP contribution in [0.25, 0.3) is 0 Å². The molecule has 1 spiro atoms. The van der Waals surface area contributed by atoms with Gasteiger partial charge in [0.2, 0.25) is 0 Å². The van der Waals surface area contributed by atoms with Crippen molar-refractivity contribution >= 4 is 21.9 Å². The van der Waals surface area contributed by atoms with Crippen LogP contribution in [0.4, 0.5) is 0 Å². The zero-order valence-corrected chi connectivity index (χ0v) is 11.8. The number of carbonyl (C=O) groups is 1.